The lowest BCUT2D eigenvalue weighted by Crippen LogP contribution is -2.00. The van der Waals surface area contributed by atoms with Crippen molar-refractivity contribution >= 4 is 21.9 Å². The molecule has 4 heteroatoms. The smallest absolute Gasteiger partial charge is 0.164 e. The Bertz CT molecular complexity index is 3060. The Morgan fingerprint density at radius 1 is 0.347 bits per heavy atom. The van der Waals surface area contributed by atoms with Gasteiger partial charge in [0.1, 0.15) is 11.2 Å². The fourth-order valence-corrected chi connectivity index (χ4v) is 5.63. The van der Waals surface area contributed by atoms with E-state index in [1.807, 2.05) is 109 Å². The van der Waals surface area contributed by atoms with Crippen LogP contribution in [-0.4, -0.2) is 15.0 Å². The van der Waals surface area contributed by atoms with Crippen molar-refractivity contribution in [3.63, 3.8) is 0 Å². The van der Waals surface area contributed by atoms with Crippen LogP contribution in [0, 0.1) is 0 Å². The summed E-state index contributed by atoms with van der Waals surface area (Å²) >= 11 is 0. The number of fused-ring (bicyclic) bond motifs is 3. The van der Waals surface area contributed by atoms with Gasteiger partial charge in [-0.15, -0.1) is 0 Å². The molecule has 0 N–H and O–H groups in total. The van der Waals surface area contributed by atoms with Crippen LogP contribution < -0.4 is 0 Å². The molecule has 0 amide bonds. The third kappa shape index (κ3) is 5.56. The minimum absolute atomic E-state index is 0.0988. The molecule has 0 aliphatic rings. The summed E-state index contributed by atoms with van der Waals surface area (Å²) in [6, 6.07) is 28.4. The molecule has 0 atom stereocenters. The van der Waals surface area contributed by atoms with Gasteiger partial charge in [0.05, 0.1) is 15.1 Å². The summed E-state index contributed by atoms with van der Waals surface area (Å²) in [5.41, 5.74) is 3.54. The van der Waals surface area contributed by atoms with Crippen LogP contribution in [0.1, 0.15) is 15.1 Å². The van der Waals surface area contributed by atoms with Crippen LogP contribution >= 0.6 is 0 Å². The van der Waals surface area contributed by atoms with Crippen LogP contribution in [0.5, 0.6) is 0 Å². The van der Waals surface area contributed by atoms with Gasteiger partial charge in [-0.3, -0.25) is 0 Å². The maximum absolute atomic E-state index is 9.41. The normalized spacial score (nSPS) is 14.4. The summed E-state index contributed by atoms with van der Waals surface area (Å²) in [7, 11) is 0. The number of benzene rings is 7. The molecule has 0 saturated carbocycles. The van der Waals surface area contributed by atoms with Crippen LogP contribution in [0.2, 0.25) is 0 Å². The maximum atomic E-state index is 9.41. The van der Waals surface area contributed by atoms with Crippen molar-refractivity contribution in [1.82, 2.24) is 15.0 Å². The number of rotatable bonds is 6. The van der Waals surface area contributed by atoms with E-state index in [2.05, 4.69) is 0 Å². The molecule has 0 aliphatic heterocycles. The summed E-state index contributed by atoms with van der Waals surface area (Å²) in [4.78, 5) is 14.3. The van der Waals surface area contributed by atoms with E-state index in [9.17, 15) is 5.48 Å². The highest BCUT2D eigenvalue weighted by Crippen LogP contribution is 2.35. The first-order valence-electron chi connectivity index (χ1n) is 21.0. The van der Waals surface area contributed by atoms with Gasteiger partial charge in [0, 0.05) is 27.5 Å². The summed E-state index contributed by atoms with van der Waals surface area (Å²) in [5, 5.41) is -0.390. The van der Waals surface area contributed by atoms with E-state index < -0.39 is 77.6 Å². The van der Waals surface area contributed by atoms with Crippen molar-refractivity contribution in [1.29, 1.82) is 0 Å². The van der Waals surface area contributed by atoms with Crippen LogP contribution in [-0.2, 0) is 0 Å². The van der Waals surface area contributed by atoms with Crippen molar-refractivity contribution in [3.8, 4) is 67.5 Å². The van der Waals surface area contributed by atoms with Gasteiger partial charge in [0.15, 0.2) is 17.5 Å². The summed E-state index contributed by atoms with van der Waals surface area (Å²) in [5.74, 6) is 0.375. The predicted octanol–water partition coefficient (Wildman–Crippen LogP) is 11.8. The van der Waals surface area contributed by atoms with Gasteiger partial charge in [-0.1, -0.05) is 151 Å². The molecule has 49 heavy (non-hydrogen) atoms. The van der Waals surface area contributed by atoms with Gasteiger partial charge in [0.25, 0.3) is 0 Å². The molecule has 0 unspecified atom stereocenters. The number of hydrogen-bond acceptors (Lipinski definition) is 4. The van der Waals surface area contributed by atoms with E-state index >= 15 is 0 Å². The number of hydrogen-bond donors (Lipinski definition) is 0. The highest BCUT2D eigenvalue weighted by molar-refractivity contribution is 6.07. The molecular formula is C45H29N3O. The first-order valence-corrected chi connectivity index (χ1v) is 15.5. The predicted molar refractivity (Wildman–Crippen MR) is 200 cm³/mol. The Labute approximate surface area is 299 Å². The Kier molecular flexibility index (Phi) is 4.78. The van der Waals surface area contributed by atoms with Crippen LogP contribution in [0.3, 0.4) is 0 Å². The van der Waals surface area contributed by atoms with Gasteiger partial charge < -0.3 is 4.42 Å². The molecule has 9 aromatic rings. The average molecular weight is 639 g/mol. The van der Waals surface area contributed by atoms with Gasteiger partial charge in [0.2, 0.25) is 0 Å². The fourth-order valence-electron chi connectivity index (χ4n) is 5.63. The van der Waals surface area contributed by atoms with E-state index in [0.717, 1.165) is 22.3 Å². The second-order valence-corrected chi connectivity index (χ2v) is 11.2. The topological polar surface area (TPSA) is 51.8 Å². The van der Waals surface area contributed by atoms with Crippen LogP contribution in [0.25, 0.3) is 89.5 Å². The van der Waals surface area contributed by atoms with E-state index in [4.69, 9.17) is 29.0 Å². The molecule has 9 rings (SSSR count). The van der Waals surface area contributed by atoms with E-state index in [1.165, 1.54) is 0 Å². The molecular weight excluding hydrogens is 599 g/mol. The zero-order chi connectivity index (χ0) is 42.1. The van der Waals surface area contributed by atoms with Crippen molar-refractivity contribution in [2.24, 2.45) is 0 Å². The second-order valence-electron chi connectivity index (χ2n) is 11.2. The Hall–Kier alpha value is -6.65. The largest absolute Gasteiger partial charge is 0.456 e. The lowest BCUT2D eigenvalue weighted by Gasteiger charge is -2.10. The molecule has 4 nitrogen and oxygen atoms in total. The molecule has 0 saturated heterocycles. The summed E-state index contributed by atoms with van der Waals surface area (Å²) < 4.78 is 102. The maximum Gasteiger partial charge on any atom is 0.164 e. The molecule has 0 radical (unpaired) electrons. The molecule has 2 heterocycles. The highest BCUT2D eigenvalue weighted by atomic mass is 16.3. The SMILES string of the molecule is [2H]c1c([2H])c([2H])c(-c2c([2H])c([2H])c3oc4c([2H])c(-c5nc(-c6ccc(-c7ccccc7)cc6)nc(-c6ccc(-c7ccccc7)cc6)n5)c([2H])c([2H])c4c3c2[2H])c([2H])c1[2H]. The van der Waals surface area contributed by atoms with Crippen LogP contribution in [0.4, 0.5) is 0 Å². The Morgan fingerprint density at radius 2 is 0.837 bits per heavy atom. The highest BCUT2D eigenvalue weighted by Gasteiger charge is 2.16. The van der Waals surface area contributed by atoms with Gasteiger partial charge in [-0.25, -0.2) is 15.0 Å². The summed E-state index contributed by atoms with van der Waals surface area (Å²) in [6.45, 7) is 0. The number of furan rings is 1. The zero-order valence-corrected chi connectivity index (χ0v) is 25.6. The molecule has 2 aromatic heterocycles. The zero-order valence-electron chi connectivity index (χ0n) is 36.6. The van der Waals surface area contributed by atoms with Gasteiger partial charge >= 0.3 is 0 Å². The minimum atomic E-state index is -0.684. The second kappa shape index (κ2) is 12.2. The first kappa shape index (κ1) is 19.2. The molecule has 0 aliphatic carbocycles. The molecule has 0 bridgehead atoms. The van der Waals surface area contributed by atoms with Crippen molar-refractivity contribution < 1.29 is 19.5 Å². The first-order chi connectivity index (χ1) is 28.8. The summed E-state index contributed by atoms with van der Waals surface area (Å²) in [6.07, 6.45) is 0. The van der Waals surface area contributed by atoms with Gasteiger partial charge in [-0.2, -0.15) is 0 Å². The standard InChI is InChI=1S/C45H29N3O/c1-4-10-30(11-5-1)33-16-20-35(21-17-33)43-46-44(36-22-18-34(19-23-36)31-12-6-2-7-13-31)48-45(47-43)38-24-26-39-40-28-37(32-14-8-3-9-15-32)25-27-41(40)49-42(39)29-38/h1-29H/i3D,8D,9D,14D,15D,24D,25D,26D,27D,28D,29D. The lowest BCUT2D eigenvalue weighted by molar-refractivity contribution is 0.669. The molecule has 0 fully saturated rings. The van der Waals surface area contributed by atoms with Crippen molar-refractivity contribution in [2.45, 2.75) is 0 Å². The van der Waals surface area contributed by atoms with Crippen molar-refractivity contribution in [2.75, 3.05) is 0 Å². The quantitative estimate of drug-likeness (QED) is 0.182. The fraction of sp³-hybridized carbons (Fsp3) is 0. The lowest BCUT2D eigenvalue weighted by atomic mass is 10.0. The number of nitrogens with zero attached hydrogens (tertiary/aromatic N) is 3. The molecule has 0 spiro atoms. The monoisotopic (exact) mass is 638 g/mol. The Balaban J connectivity index is 1.26. The Morgan fingerprint density at radius 3 is 1.41 bits per heavy atom. The van der Waals surface area contributed by atoms with Crippen LogP contribution in [0.15, 0.2) is 180 Å². The minimum Gasteiger partial charge on any atom is -0.456 e. The third-order valence-electron chi connectivity index (χ3n) is 8.12. The molecule has 230 valence electrons. The van der Waals surface area contributed by atoms with E-state index in [1.54, 1.807) is 0 Å². The molecule has 7 aromatic carbocycles. The van der Waals surface area contributed by atoms with E-state index in [-0.39, 0.29) is 45.0 Å². The number of aromatic nitrogens is 3. The van der Waals surface area contributed by atoms with Crippen molar-refractivity contribution in [3.05, 3.63) is 176 Å². The third-order valence-corrected chi connectivity index (χ3v) is 8.12. The van der Waals surface area contributed by atoms with Gasteiger partial charge in [-0.05, 0) is 57.6 Å². The van der Waals surface area contributed by atoms with E-state index in [0.29, 0.717) is 11.1 Å². The average Bonchev–Trinajstić information content (AvgIpc) is 3.70.